The van der Waals surface area contributed by atoms with Gasteiger partial charge in [0.25, 0.3) is 0 Å². The second-order valence-electron chi connectivity index (χ2n) is 5.00. The summed E-state index contributed by atoms with van der Waals surface area (Å²) in [4.78, 5) is 2.48. The lowest BCUT2D eigenvalue weighted by atomic mass is 9.74. The summed E-state index contributed by atoms with van der Waals surface area (Å²) in [5.41, 5.74) is 0.588. The lowest BCUT2D eigenvalue weighted by Crippen LogP contribution is -2.61. The van der Waals surface area contributed by atoms with Crippen LogP contribution in [-0.4, -0.2) is 31.1 Å². The van der Waals surface area contributed by atoms with Gasteiger partial charge in [-0.05, 0) is 31.5 Å². The Bertz CT molecular complexity index is 306. The molecule has 1 N–H and O–H groups in total. The van der Waals surface area contributed by atoms with Crippen LogP contribution in [0, 0.1) is 5.41 Å². The molecule has 0 radical (unpaired) electrons. The largest absolute Gasteiger partial charge is 0.468 e. The van der Waals surface area contributed by atoms with Crippen molar-refractivity contribution in [1.29, 1.82) is 0 Å². The van der Waals surface area contributed by atoms with E-state index >= 15 is 0 Å². The van der Waals surface area contributed by atoms with E-state index in [1.54, 1.807) is 6.26 Å². The van der Waals surface area contributed by atoms with Crippen LogP contribution in [-0.2, 0) is 6.54 Å². The van der Waals surface area contributed by atoms with Crippen molar-refractivity contribution in [2.24, 2.45) is 5.41 Å². The number of rotatable bonds is 2. The molecule has 2 aliphatic heterocycles. The van der Waals surface area contributed by atoms with E-state index in [1.807, 2.05) is 6.07 Å². The third-order valence-electron chi connectivity index (χ3n) is 3.64. The molecular formula is C12H18N2O. The molecule has 0 aliphatic carbocycles. The van der Waals surface area contributed by atoms with E-state index in [-0.39, 0.29) is 0 Å². The highest BCUT2D eigenvalue weighted by atomic mass is 16.3. The van der Waals surface area contributed by atoms with Crippen molar-refractivity contribution in [3.8, 4) is 0 Å². The minimum absolute atomic E-state index is 0.588. The van der Waals surface area contributed by atoms with Gasteiger partial charge in [0.15, 0.2) is 0 Å². The zero-order valence-corrected chi connectivity index (χ0v) is 9.04. The maximum Gasteiger partial charge on any atom is 0.117 e. The molecule has 0 atom stereocenters. The maximum atomic E-state index is 5.36. The van der Waals surface area contributed by atoms with Crippen LogP contribution in [0.2, 0.25) is 0 Å². The first-order valence-electron chi connectivity index (χ1n) is 5.82. The number of nitrogens with one attached hydrogen (secondary N) is 1. The highest BCUT2D eigenvalue weighted by Crippen LogP contribution is 2.37. The summed E-state index contributed by atoms with van der Waals surface area (Å²) in [6.07, 6.45) is 4.50. The highest BCUT2D eigenvalue weighted by molar-refractivity contribution is 5.03. The number of nitrogens with zero attached hydrogens (tertiary/aromatic N) is 1. The average Bonchev–Trinajstić information content (AvgIpc) is 2.70. The first kappa shape index (κ1) is 9.43. The Morgan fingerprint density at radius 3 is 3.07 bits per heavy atom. The molecule has 2 fully saturated rings. The highest BCUT2D eigenvalue weighted by Gasteiger charge is 2.43. The van der Waals surface area contributed by atoms with Gasteiger partial charge < -0.3 is 9.73 Å². The minimum Gasteiger partial charge on any atom is -0.468 e. The lowest BCUT2D eigenvalue weighted by Gasteiger charge is -2.52. The van der Waals surface area contributed by atoms with Crippen LogP contribution in [0.3, 0.4) is 0 Å². The normalized spacial score (nSPS) is 25.3. The van der Waals surface area contributed by atoms with Crippen LogP contribution in [0.4, 0.5) is 0 Å². The van der Waals surface area contributed by atoms with Crippen LogP contribution in [0.5, 0.6) is 0 Å². The van der Waals surface area contributed by atoms with Gasteiger partial charge in [0.1, 0.15) is 5.76 Å². The fraction of sp³-hybridized carbons (Fsp3) is 0.667. The molecule has 1 aromatic heterocycles. The van der Waals surface area contributed by atoms with Crippen LogP contribution in [0.1, 0.15) is 18.6 Å². The average molecular weight is 206 g/mol. The molecule has 3 nitrogen and oxygen atoms in total. The van der Waals surface area contributed by atoms with Crippen LogP contribution < -0.4 is 5.32 Å². The number of piperidine rings is 1. The van der Waals surface area contributed by atoms with Gasteiger partial charge in [0.2, 0.25) is 0 Å². The Labute approximate surface area is 90.4 Å². The van der Waals surface area contributed by atoms with E-state index in [0.29, 0.717) is 5.41 Å². The SMILES string of the molecule is c1coc(CN2CC3(CCCNC3)C2)c1. The van der Waals surface area contributed by atoms with Gasteiger partial charge in [-0.2, -0.15) is 0 Å². The fourth-order valence-corrected chi connectivity index (χ4v) is 2.94. The van der Waals surface area contributed by atoms with Crippen LogP contribution in [0.25, 0.3) is 0 Å². The van der Waals surface area contributed by atoms with Crippen molar-refractivity contribution in [1.82, 2.24) is 10.2 Å². The molecule has 3 heteroatoms. The van der Waals surface area contributed by atoms with Crippen molar-refractivity contribution >= 4 is 0 Å². The van der Waals surface area contributed by atoms with E-state index in [1.165, 1.54) is 39.0 Å². The Balaban J connectivity index is 1.53. The third kappa shape index (κ3) is 1.82. The Hall–Kier alpha value is -0.800. The van der Waals surface area contributed by atoms with Crippen LogP contribution in [0.15, 0.2) is 22.8 Å². The predicted octanol–water partition coefficient (Wildman–Crippen LogP) is 1.46. The zero-order chi connectivity index (χ0) is 10.1. The van der Waals surface area contributed by atoms with Gasteiger partial charge >= 0.3 is 0 Å². The number of hydrogen-bond acceptors (Lipinski definition) is 3. The molecule has 0 saturated carbocycles. The summed E-state index contributed by atoms with van der Waals surface area (Å²) >= 11 is 0. The molecule has 3 rings (SSSR count). The topological polar surface area (TPSA) is 28.4 Å². The summed E-state index contributed by atoms with van der Waals surface area (Å²) in [6, 6.07) is 4.02. The molecule has 82 valence electrons. The predicted molar refractivity (Wildman–Crippen MR) is 58.5 cm³/mol. The van der Waals surface area contributed by atoms with E-state index in [4.69, 9.17) is 4.42 Å². The Morgan fingerprint density at radius 2 is 2.40 bits per heavy atom. The minimum atomic E-state index is 0.588. The maximum absolute atomic E-state index is 5.36. The smallest absolute Gasteiger partial charge is 0.117 e. The van der Waals surface area contributed by atoms with E-state index in [2.05, 4.69) is 16.3 Å². The van der Waals surface area contributed by atoms with Gasteiger partial charge in [-0.25, -0.2) is 0 Å². The molecule has 1 spiro atoms. The summed E-state index contributed by atoms with van der Waals surface area (Å²) in [5.74, 6) is 1.09. The second-order valence-corrected chi connectivity index (χ2v) is 5.00. The zero-order valence-electron chi connectivity index (χ0n) is 9.04. The molecule has 3 heterocycles. The number of hydrogen-bond donors (Lipinski definition) is 1. The molecular weight excluding hydrogens is 188 g/mol. The van der Waals surface area contributed by atoms with Crippen molar-refractivity contribution in [2.75, 3.05) is 26.2 Å². The first-order chi connectivity index (χ1) is 7.36. The lowest BCUT2D eigenvalue weighted by molar-refractivity contribution is -0.0265. The van der Waals surface area contributed by atoms with Gasteiger partial charge in [0.05, 0.1) is 12.8 Å². The Kier molecular flexibility index (Phi) is 2.29. The monoisotopic (exact) mass is 206 g/mol. The molecule has 0 unspecified atom stereocenters. The summed E-state index contributed by atoms with van der Waals surface area (Å²) < 4.78 is 5.36. The van der Waals surface area contributed by atoms with Crippen molar-refractivity contribution in [3.63, 3.8) is 0 Å². The van der Waals surface area contributed by atoms with E-state index in [9.17, 15) is 0 Å². The number of likely N-dealkylation sites (tertiary alicyclic amines) is 1. The second kappa shape index (κ2) is 3.65. The van der Waals surface area contributed by atoms with Gasteiger partial charge in [-0.3, -0.25) is 4.90 Å². The molecule has 15 heavy (non-hydrogen) atoms. The first-order valence-corrected chi connectivity index (χ1v) is 5.82. The van der Waals surface area contributed by atoms with Gasteiger partial charge in [-0.15, -0.1) is 0 Å². The Morgan fingerprint density at radius 1 is 1.47 bits per heavy atom. The summed E-state index contributed by atoms with van der Waals surface area (Å²) in [6.45, 7) is 5.87. The van der Waals surface area contributed by atoms with E-state index in [0.717, 1.165) is 12.3 Å². The molecule has 2 aliphatic rings. The molecule has 0 amide bonds. The fourth-order valence-electron chi connectivity index (χ4n) is 2.94. The molecule has 2 saturated heterocycles. The quantitative estimate of drug-likeness (QED) is 0.794. The van der Waals surface area contributed by atoms with Crippen molar-refractivity contribution < 1.29 is 4.42 Å². The van der Waals surface area contributed by atoms with Crippen molar-refractivity contribution in [2.45, 2.75) is 19.4 Å². The standard InChI is InChI=1S/C12H18N2O/c1-3-11(15-6-1)7-14-9-12(10-14)4-2-5-13-8-12/h1,3,6,13H,2,4-5,7-10H2. The summed E-state index contributed by atoms with van der Waals surface area (Å²) in [5, 5.41) is 3.51. The number of furan rings is 1. The molecule has 0 bridgehead atoms. The van der Waals surface area contributed by atoms with Gasteiger partial charge in [0, 0.05) is 25.0 Å². The molecule has 0 aromatic carbocycles. The molecule has 1 aromatic rings. The summed E-state index contributed by atoms with van der Waals surface area (Å²) in [7, 11) is 0. The van der Waals surface area contributed by atoms with E-state index < -0.39 is 0 Å². The van der Waals surface area contributed by atoms with Gasteiger partial charge in [-0.1, -0.05) is 0 Å². The third-order valence-corrected chi connectivity index (χ3v) is 3.64. The van der Waals surface area contributed by atoms with Crippen molar-refractivity contribution in [3.05, 3.63) is 24.2 Å². The van der Waals surface area contributed by atoms with Crippen LogP contribution >= 0.6 is 0 Å².